The maximum atomic E-state index is 11.7. The van der Waals surface area contributed by atoms with Crippen LogP contribution in [0.25, 0.3) is 0 Å². The van der Waals surface area contributed by atoms with E-state index in [9.17, 15) is 4.79 Å². The molecule has 1 unspecified atom stereocenters. The largest absolute Gasteiger partial charge is 0.379 e. The number of nitrogens with one attached hydrogen (secondary N) is 1. The number of ether oxygens (including phenoxy) is 2. The van der Waals surface area contributed by atoms with Gasteiger partial charge in [-0.15, -0.1) is 0 Å². The molecule has 5 heteroatoms. The molecule has 1 rings (SSSR count). The molecule has 0 saturated carbocycles. The summed E-state index contributed by atoms with van der Waals surface area (Å²) in [4.78, 5) is 11.7. The maximum absolute atomic E-state index is 11.7. The Bertz CT molecular complexity index is 357. The molecule has 0 spiro atoms. The minimum Gasteiger partial charge on any atom is -0.379 e. The summed E-state index contributed by atoms with van der Waals surface area (Å²) in [5, 5.41) is 0. The van der Waals surface area contributed by atoms with Crippen molar-refractivity contribution in [3.8, 4) is 0 Å². The average Bonchev–Trinajstić information content (AvgIpc) is 2.47. The second kappa shape index (κ2) is 9.49. The van der Waals surface area contributed by atoms with E-state index in [0.717, 1.165) is 25.0 Å². The highest BCUT2D eigenvalue weighted by molar-refractivity contribution is 5.81. The average molecular weight is 266 g/mol. The molecule has 0 aliphatic heterocycles. The molecule has 1 amide bonds. The highest BCUT2D eigenvalue weighted by Gasteiger charge is 2.19. The number of amides is 1. The van der Waals surface area contributed by atoms with E-state index in [-0.39, 0.29) is 5.91 Å². The van der Waals surface area contributed by atoms with Gasteiger partial charge in [-0.2, -0.15) is 0 Å². The predicted molar refractivity (Wildman–Crippen MR) is 73.2 cm³/mol. The molecule has 19 heavy (non-hydrogen) atoms. The molecule has 0 aliphatic carbocycles. The normalized spacial score (nSPS) is 12.1. The lowest BCUT2D eigenvalue weighted by atomic mass is 10.1. The standard InChI is InChI=1S/C14H22N2O3/c1-2-3-9-18-10-11-19-13(14(17)16-15)12-7-5-4-6-8-12/h4-8,13H,2-3,9-11,15H2,1H3,(H,16,17). The molecule has 0 aliphatic rings. The van der Waals surface area contributed by atoms with Gasteiger partial charge in [0.25, 0.3) is 5.91 Å². The number of unbranched alkanes of at least 4 members (excludes halogenated alkanes) is 1. The van der Waals surface area contributed by atoms with E-state index in [2.05, 4.69) is 12.3 Å². The van der Waals surface area contributed by atoms with Gasteiger partial charge in [0.1, 0.15) is 0 Å². The summed E-state index contributed by atoms with van der Waals surface area (Å²) in [6, 6.07) is 9.25. The zero-order valence-electron chi connectivity index (χ0n) is 11.3. The third-order valence-electron chi connectivity index (χ3n) is 2.64. The van der Waals surface area contributed by atoms with Crippen LogP contribution in [0.4, 0.5) is 0 Å². The molecule has 0 bridgehead atoms. The van der Waals surface area contributed by atoms with E-state index in [1.54, 1.807) is 0 Å². The van der Waals surface area contributed by atoms with Gasteiger partial charge in [-0.05, 0) is 12.0 Å². The molecule has 0 radical (unpaired) electrons. The van der Waals surface area contributed by atoms with Crippen molar-refractivity contribution in [2.45, 2.75) is 25.9 Å². The van der Waals surface area contributed by atoms with Crippen LogP contribution in [-0.2, 0) is 14.3 Å². The molecular formula is C14H22N2O3. The first-order valence-corrected chi connectivity index (χ1v) is 6.54. The fourth-order valence-corrected chi connectivity index (χ4v) is 1.60. The van der Waals surface area contributed by atoms with Gasteiger partial charge in [0, 0.05) is 6.61 Å². The van der Waals surface area contributed by atoms with E-state index in [0.29, 0.717) is 13.2 Å². The fourth-order valence-electron chi connectivity index (χ4n) is 1.60. The van der Waals surface area contributed by atoms with Crippen molar-refractivity contribution in [1.29, 1.82) is 0 Å². The van der Waals surface area contributed by atoms with Crippen molar-refractivity contribution in [3.63, 3.8) is 0 Å². The molecular weight excluding hydrogens is 244 g/mol. The van der Waals surface area contributed by atoms with Crippen molar-refractivity contribution in [1.82, 2.24) is 5.43 Å². The number of benzene rings is 1. The van der Waals surface area contributed by atoms with E-state index in [4.69, 9.17) is 15.3 Å². The lowest BCUT2D eigenvalue weighted by Gasteiger charge is -2.16. The van der Waals surface area contributed by atoms with E-state index in [1.807, 2.05) is 30.3 Å². The number of hydrogen-bond donors (Lipinski definition) is 2. The Kier molecular flexibility index (Phi) is 7.81. The molecule has 3 N–H and O–H groups in total. The molecule has 1 aromatic rings. The zero-order valence-corrected chi connectivity index (χ0v) is 11.3. The first kappa shape index (κ1) is 15.6. The Morgan fingerprint density at radius 2 is 2.00 bits per heavy atom. The van der Waals surface area contributed by atoms with Gasteiger partial charge in [-0.1, -0.05) is 43.7 Å². The van der Waals surface area contributed by atoms with Crippen LogP contribution >= 0.6 is 0 Å². The Labute approximate surface area is 114 Å². The van der Waals surface area contributed by atoms with Crippen molar-refractivity contribution >= 4 is 5.91 Å². The summed E-state index contributed by atoms with van der Waals surface area (Å²) in [6.07, 6.45) is 1.44. The second-order valence-corrected chi connectivity index (χ2v) is 4.14. The van der Waals surface area contributed by atoms with Crippen LogP contribution in [0.5, 0.6) is 0 Å². The molecule has 0 heterocycles. The van der Waals surface area contributed by atoms with E-state index in [1.165, 1.54) is 0 Å². The summed E-state index contributed by atoms with van der Waals surface area (Å²) >= 11 is 0. The third kappa shape index (κ3) is 5.83. The van der Waals surface area contributed by atoms with Crippen LogP contribution in [0, 0.1) is 0 Å². The Hall–Kier alpha value is -1.43. The number of hydrazine groups is 1. The van der Waals surface area contributed by atoms with Gasteiger partial charge in [-0.25, -0.2) is 5.84 Å². The Morgan fingerprint density at radius 1 is 1.26 bits per heavy atom. The number of rotatable bonds is 9. The smallest absolute Gasteiger partial charge is 0.267 e. The third-order valence-corrected chi connectivity index (χ3v) is 2.64. The predicted octanol–water partition coefficient (Wildman–Crippen LogP) is 1.55. The Morgan fingerprint density at radius 3 is 2.63 bits per heavy atom. The van der Waals surface area contributed by atoms with Crippen LogP contribution in [0.15, 0.2) is 30.3 Å². The molecule has 5 nitrogen and oxygen atoms in total. The van der Waals surface area contributed by atoms with Crippen molar-refractivity contribution in [2.75, 3.05) is 19.8 Å². The minimum atomic E-state index is -0.694. The summed E-state index contributed by atoms with van der Waals surface area (Å²) in [7, 11) is 0. The number of nitrogens with two attached hydrogens (primary N) is 1. The second-order valence-electron chi connectivity index (χ2n) is 4.14. The number of carbonyl (C=O) groups is 1. The summed E-state index contributed by atoms with van der Waals surface area (Å²) in [6.45, 7) is 3.66. The molecule has 0 saturated heterocycles. The van der Waals surface area contributed by atoms with Gasteiger partial charge >= 0.3 is 0 Å². The van der Waals surface area contributed by atoms with Crippen molar-refractivity contribution < 1.29 is 14.3 Å². The Balaban J connectivity index is 2.41. The molecule has 1 atom stereocenters. The zero-order chi connectivity index (χ0) is 13.9. The molecule has 0 aromatic heterocycles. The van der Waals surface area contributed by atoms with Gasteiger partial charge < -0.3 is 9.47 Å². The lowest BCUT2D eigenvalue weighted by Crippen LogP contribution is -2.36. The quantitative estimate of drug-likeness (QED) is 0.308. The van der Waals surface area contributed by atoms with Crippen molar-refractivity contribution in [2.24, 2.45) is 5.84 Å². The highest BCUT2D eigenvalue weighted by atomic mass is 16.5. The molecule has 1 aromatic carbocycles. The first-order valence-electron chi connectivity index (χ1n) is 6.54. The first-order chi connectivity index (χ1) is 9.29. The highest BCUT2D eigenvalue weighted by Crippen LogP contribution is 2.16. The van der Waals surface area contributed by atoms with E-state index >= 15 is 0 Å². The minimum absolute atomic E-state index is 0.358. The van der Waals surface area contributed by atoms with Crippen LogP contribution in [0.3, 0.4) is 0 Å². The maximum Gasteiger partial charge on any atom is 0.267 e. The molecule has 106 valence electrons. The number of carbonyl (C=O) groups excluding carboxylic acids is 1. The van der Waals surface area contributed by atoms with Gasteiger partial charge in [0.05, 0.1) is 13.2 Å². The summed E-state index contributed by atoms with van der Waals surface area (Å²) in [5.74, 6) is 4.81. The van der Waals surface area contributed by atoms with Crippen LogP contribution in [0.2, 0.25) is 0 Å². The van der Waals surface area contributed by atoms with Gasteiger partial charge in [0.2, 0.25) is 0 Å². The summed E-state index contributed by atoms with van der Waals surface area (Å²) < 4.78 is 10.9. The van der Waals surface area contributed by atoms with Gasteiger partial charge in [-0.3, -0.25) is 10.2 Å². The lowest BCUT2D eigenvalue weighted by molar-refractivity contribution is -0.134. The SMILES string of the molecule is CCCCOCCOC(C(=O)NN)c1ccccc1. The van der Waals surface area contributed by atoms with Crippen LogP contribution in [-0.4, -0.2) is 25.7 Å². The van der Waals surface area contributed by atoms with Gasteiger partial charge in [0.15, 0.2) is 6.10 Å². The molecule has 0 fully saturated rings. The van der Waals surface area contributed by atoms with E-state index < -0.39 is 6.10 Å². The fraction of sp³-hybridized carbons (Fsp3) is 0.500. The van der Waals surface area contributed by atoms with Crippen LogP contribution < -0.4 is 11.3 Å². The van der Waals surface area contributed by atoms with Crippen LogP contribution in [0.1, 0.15) is 31.4 Å². The summed E-state index contributed by atoms with van der Waals surface area (Å²) in [5.41, 5.74) is 2.90. The monoisotopic (exact) mass is 266 g/mol. The number of hydrogen-bond acceptors (Lipinski definition) is 4. The van der Waals surface area contributed by atoms with Crippen molar-refractivity contribution in [3.05, 3.63) is 35.9 Å². The topological polar surface area (TPSA) is 73.6 Å².